The van der Waals surface area contributed by atoms with E-state index < -0.39 is 11.0 Å². The fourth-order valence-corrected chi connectivity index (χ4v) is 2.10. The van der Waals surface area contributed by atoms with Crippen LogP contribution in [0.1, 0.15) is 11.1 Å². The maximum atomic E-state index is 11.8. The quantitative estimate of drug-likeness (QED) is 0.840. The lowest BCUT2D eigenvalue weighted by atomic mass is 10.2. The Labute approximate surface area is 109 Å². The summed E-state index contributed by atoms with van der Waals surface area (Å²) in [5.41, 5.74) is 2.17. The second-order valence-corrected chi connectivity index (χ2v) is 5.11. The van der Waals surface area contributed by atoms with Gasteiger partial charge in [0.2, 0.25) is 0 Å². The second-order valence-electron chi connectivity index (χ2n) is 3.94. The minimum absolute atomic E-state index is 0.387. The molecule has 4 heteroatoms. The maximum Gasteiger partial charge on any atom is 0.148 e. The van der Waals surface area contributed by atoms with Crippen LogP contribution in [-0.4, -0.2) is 4.21 Å². The standard InChI is InChI=1S/C14H15NO2S/c1-12-7-9-14(10-8-12)18(16)15-17-11-13-5-3-2-4-6-13/h2-10,15H,11H2,1H3/t18-/m1/s1. The molecule has 0 amide bonds. The van der Waals surface area contributed by atoms with Crippen molar-refractivity contribution in [2.45, 2.75) is 18.4 Å². The van der Waals surface area contributed by atoms with E-state index in [2.05, 4.69) is 4.89 Å². The van der Waals surface area contributed by atoms with E-state index in [0.717, 1.165) is 11.1 Å². The van der Waals surface area contributed by atoms with E-state index in [1.54, 1.807) is 0 Å². The van der Waals surface area contributed by atoms with Crippen molar-refractivity contribution in [2.75, 3.05) is 0 Å². The summed E-state index contributed by atoms with van der Waals surface area (Å²) in [5, 5.41) is 0. The fourth-order valence-electron chi connectivity index (χ4n) is 1.45. The van der Waals surface area contributed by atoms with E-state index in [4.69, 9.17) is 4.84 Å². The van der Waals surface area contributed by atoms with Crippen LogP contribution in [0.4, 0.5) is 0 Å². The zero-order valence-electron chi connectivity index (χ0n) is 10.1. The Balaban J connectivity index is 1.84. The minimum atomic E-state index is -1.34. The van der Waals surface area contributed by atoms with E-state index in [-0.39, 0.29) is 0 Å². The molecule has 0 fully saturated rings. The topological polar surface area (TPSA) is 38.3 Å². The third-order valence-corrected chi connectivity index (χ3v) is 3.42. The zero-order chi connectivity index (χ0) is 12.8. The summed E-state index contributed by atoms with van der Waals surface area (Å²) in [6.45, 7) is 2.38. The van der Waals surface area contributed by atoms with Gasteiger partial charge < -0.3 is 0 Å². The fraction of sp³-hybridized carbons (Fsp3) is 0.143. The van der Waals surface area contributed by atoms with Gasteiger partial charge in [0.1, 0.15) is 11.0 Å². The van der Waals surface area contributed by atoms with Gasteiger partial charge in [0.05, 0.1) is 11.5 Å². The summed E-state index contributed by atoms with van der Waals surface area (Å²) in [6.07, 6.45) is 0. The Bertz CT molecular complexity index is 511. The Morgan fingerprint density at radius 1 is 1.06 bits per heavy atom. The first-order valence-electron chi connectivity index (χ1n) is 5.65. The van der Waals surface area contributed by atoms with Gasteiger partial charge in [-0.05, 0) is 24.6 Å². The third-order valence-electron chi connectivity index (χ3n) is 2.45. The molecule has 0 saturated heterocycles. The van der Waals surface area contributed by atoms with Crippen LogP contribution in [0.5, 0.6) is 0 Å². The number of rotatable bonds is 5. The van der Waals surface area contributed by atoms with E-state index in [1.807, 2.05) is 61.5 Å². The molecule has 1 N–H and O–H groups in total. The van der Waals surface area contributed by atoms with Crippen LogP contribution in [0, 0.1) is 6.92 Å². The molecule has 0 heterocycles. The van der Waals surface area contributed by atoms with E-state index in [1.165, 1.54) is 0 Å². The molecule has 0 radical (unpaired) electrons. The van der Waals surface area contributed by atoms with Crippen molar-refractivity contribution in [1.29, 1.82) is 0 Å². The van der Waals surface area contributed by atoms with Crippen molar-refractivity contribution < 1.29 is 9.05 Å². The minimum Gasteiger partial charge on any atom is -0.284 e. The number of nitrogens with one attached hydrogen (secondary N) is 1. The van der Waals surface area contributed by atoms with Crippen LogP contribution in [0.25, 0.3) is 0 Å². The van der Waals surface area contributed by atoms with Crippen molar-refractivity contribution in [3.8, 4) is 0 Å². The molecule has 0 aliphatic carbocycles. The average molecular weight is 261 g/mol. The van der Waals surface area contributed by atoms with Crippen LogP contribution >= 0.6 is 0 Å². The van der Waals surface area contributed by atoms with E-state index >= 15 is 0 Å². The summed E-state index contributed by atoms with van der Waals surface area (Å²) in [4.78, 5) is 8.46. The van der Waals surface area contributed by atoms with E-state index in [0.29, 0.717) is 11.5 Å². The molecule has 0 saturated carbocycles. The first-order chi connectivity index (χ1) is 8.75. The first-order valence-corrected chi connectivity index (χ1v) is 6.80. The smallest absolute Gasteiger partial charge is 0.148 e. The van der Waals surface area contributed by atoms with Gasteiger partial charge >= 0.3 is 0 Å². The predicted octanol–water partition coefficient (Wildman–Crippen LogP) is 2.74. The predicted molar refractivity (Wildman–Crippen MR) is 72.0 cm³/mol. The van der Waals surface area contributed by atoms with Crippen molar-refractivity contribution in [2.24, 2.45) is 0 Å². The largest absolute Gasteiger partial charge is 0.284 e. The number of hydrogen-bond acceptors (Lipinski definition) is 2. The first kappa shape index (κ1) is 13.0. The lowest BCUT2D eigenvalue weighted by Crippen LogP contribution is -2.17. The highest BCUT2D eigenvalue weighted by Gasteiger charge is 2.02. The second kappa shape index (κ2) is 6.44. The zero-order valence-corrected chi connectivity index (χ0v) is 10.9. The molecule has 3 nitrogen and oxygen atoms in total. The Hall–Kier alpha value is -1.49. The number of hydrogen-bond donors (Lipinski definition) is 1. The Kier molecular flexibility index (Phi) is 4.64. The molecule has 2 rings (SSSR count). The molecule has 2 aromatic rings. The summed E-state index contributed by atoms with van der Waals surface area (Å²) >= 11 is 0. The van der Waals surface area contributed by atoms with Crippen molar-refractivity contribution in [3.63, 3.8) is 0 Å². The van der Waals surface area contributed by atoms with Crippen molar-refractivity contribution in [3.05, 3.63) is 65.7 Å². The molecular formula is C14H15NO2S. The highest BCUT2D eigenvalue weighted by atomic mass is 32.2. The molecular weight excluding hydrogens is 246 g/mol. The third kappa shape index (κ3) is 3.77. The molecule has 0 aromatic heterocycles. The molecule has 94 valence electrons. The number of benzene rings is 2. The Morgan fingerprint density at radius 3 is 2.39 bits per heavy atom. The Morgan fingerprint density at radius 2 is 1.72 bits per heavy atom. The van der Waals surface area contributed by atoms with Crippen LogP contribution in [-0.2, 0) is 22.4 Å². The molecule has 0 aliphatic heterocycles. The van der Waals surface area contributed by atoms with Gasteiger partial charge in [0.25, 0.3) is 0 Å². The van der Waals surface area contributed by atoms with Gasteiger partial charge in [0.15, 0.2) is 0 Å². The molecule has 18 heavy (non-hydrogen) atoms. The molecule has 0 aliphatic rings. The summed E-state index contributed by atoms with van der Waals surface area (Å²) in [7, 11) is -1.34. The monoisotopic (exact) mass is 261 g/mol. The summed E-state index contributed by atoms with van der Waals surface area (Å²) in [5.74, 6) is 0. The van der Waals surface area contributed by atoms with Gasteiger partial charge in [-0.2, -0.15) is 0 Å². The molecule has 0 bridgehead atoms. The molecule has 2 aromatic carbocycles. The lowest BCUT2D eigenvalue weighted by molar-refractivity contribution is 0.0833. The lowest BCUT2D eigenvalue weighted by Gasteiger charge is -2.05. The van der Waals surface area contributed by atoms with Gasteiger partial charge in [-0.3, -0.25) is 4.84 Å². The molecule has 0 unspecified atom stereocenters. The highest BCUT2D eigenvalue weighted by molar-refractivity contribution is 7.82. The molecule has 0 spiro atoms. The maximum absolute atomic E-state index is 11.8. The highest BCUT2D eigenvalue weighted by Crippen LogP contribution is 2.07. The van der Waals surface area contributed by atoms with Gasteiger partial charge in [-0.25, -0.2) is 4.21 Å². The van der Waals surface area contributed by atoms with Crippen molar-refractivity contribution in [1.82, 2.24) is 4.89 Å². The van der Waals surface area contributed by atoms with Crippen LogP contribution in [0.2, 0.25) is 0 Å². The van der Waals surface area contributed by atoms with Gasteiger partial charge in [-0.15, -0.1) is 4.89 Å². The van der Waals surface area contributed by atoms with Crippen molar-refractivity contribution >= 4 is 11.0 Å². The van der Waals surface area contributed by atoms with Crippen LogP contribution in [0.15, 0.2) is 59.5 Å². The summed E-state index contributed by atoms with van der Waals surface area (Å²) in [6, 6.07) is 17.2. The van der Waals surface area contributed by atoms with Gasteiger partial charge in [-0.1, -0.05) is 48.0 Å². The SMILES string of the molecule is Cc1ccc([S@@](=O)NOCc2ccccc2)cc1. The number of aryl methyl sites for hydroxylation is 1. The average Bonchev–Trinajstić information content (AvgIpc) is 2.40. The summed E-state index contributed by atoms with van der Waals surface area (Å²) < 4.78 is 11.8. The van der Waals surface area contributed by atoms with Crippen LogP contribution in [0.3, 0.4) is 0 Å². The van der Waals surface area contributed by atoms with Gasteiger partial charge in [0, 0.05) is 0 Å². The molecule has 1 atom stereocenters. The van der Waals surface area contributed by atoms with Crippen LogP contribution < -0.4 is 4.89 Å². The van der Waals surface area contributed by atoms with E-state index in [9.17, 15) is 4.21 Å². The normalized spacial score (nSPS) is 12.3.